The van der Waals surface area contributed by atoms with Gasteiger partial charge >= 0.3 is 0 Å². The molecule has 0 aliphatic carbocycles. The van der Waals surface area contributed by atoms with E-state index in [9.17, 15) is 0 Å². The average Bonchev–Trinajstić information content (AvgIpc) is 2.42. The van der Waals surface area contributed by atoms with Crippen LogP contribution in [0.4, 0.5) is 0 Å². The van der Waals surface area contributed by atoms with Crippen molar-refractivity contribution in [3.05, 3.63) is 60.2 Å². The molecule has 0 unspecified atom stereocenters. The molecule has 0 fully saturated rings. The zero-order valence-electron chi connectivity index (χ0n) is 10.4. The van der Waals surface area contributed by atoms with Gasteiger partial charge in [0.25, 0.3) is 0 Å². The molecular weight excluding hydrogens is 224 g/mol. The van der Waals surface area contributed by atoms with Crippen LogP contribution in [0.1, 0.15) is 18.4 Å². The number of rotatable bonds is 6. The Morgan fingerprint density at radius 1 is 0.778 bits per heavy atom. The Bertz CT molecular complexity index is 448. The zero-order valence-corrected chi connectivity index (χ0v) is 10.4. The second kappa shape index (κ2) is 6.82. The third kappa shape index (κ3) is 3.90. The molecule has 2 heteroatoms. The van der Waals surface area contributed by atoms with Gasteiger partial charge in [0.1, 0.15) is 11.5 Å². The fraction of sp³-hybridized carbons (Fsp3) is 0.250. The fourth-order valence-corrected chi connectivity index (χ4v) is 1.79. The van der Waals surface area contributed by atoms with Crippen molar-refractivity contribution in [2.24, 2.45) is 0 Å². The molecule has 0 spiro atoms. The lowest BCUT2D eigenvalue weighted by Gasteiger charge is -2.06. The number of hydrogen-bond acceptors (Lipinski definition) is 2. The number of aryl methyl sites for hydroxylation is 1. The SMILES string of the molecule is OCCCCc1ccc(Oc2ccccc2)cc1. The Morgan fingerprint density at radius 3 is 2.11 bits per heavy atom. The topological polar surface area (TPSA) is 29.5 Å². The smallest absolute Gasteiger partial charge is 0.127 e. The molecule has 0 aromatic heterocycles. The normalized spacial score (nSPS) is 10.3. The monoisotopic (exact) mass is 242 g/mol. The Kier molecular flexibility index (Phi) is 4.79. The van der Waals surface area contributed by atoms with Crippen molar-refractivity contribution in [2.45, 2.75) is 19.3 Å². The minimum Gasteiger partial charge on any atom is -0.457 e. The minimum absolute atomic E-state index is 0.273. The van der Waals surface area contributed by atoms with Crippen LogP contribution in [0.15, 0.2) is 54.6 Å². The molecule has 2 aromatic carbocycles. The first-order valence-corrected chi connectivity index (χ1v) is 6.31. The molecule has 0 bridgehead atoms. The predicted molar refractivity (Wildman–Crippen MR) is 73.0 cm³/mol. The number of aliphatic hydroxyl groups excluding tert-OH is 1. The highest BCUT2D eigenvalue weighted by Gasteiger charge is 1.97. The quantitative estimate of drug-likeness (QED) is 0.781. The summed E-state index contributed by atoms with van der Waals surface area (Å²) in [5, 5.41) is 8.73. The highest BCUT2D eigenvalue weighted by molar-refractivity contribution is 5.32. The lowest BCUT2D eigenvalue weighted by Crippen LogP contribution is -1.89. The third-order valence-corrected chi connectivity index (χ3v) is 2.78. The minimum atomic E-state index is 0.273. The molecule has 0 aliphatic heterocycles. The molecule has 2 nitrogen and oxygen atoms in total. The van der Waals surface area contributed by atoms with Crippen LogP contribution in [0, 0.1) is 0 Å². The van der Waals surface area contributed by atoms with Gasteiger partial charge in [-0.1, -0.05) is 30.3 Å². The van der Waals surface area contributed by atoms with Gasteiger partial charge in [-0.05, 0) is 49.1 Å². The Labute approximate surface area is 108 Å². The van der Waals surface area contributed by atoms with E-state index in [-0.39, 0.29) is 6.61 Å². The summed E-state index contributed by atoms with van der Waals surface area (Å²) in [7, 11) is 0. The van der Waals surface area contributed by atoms with E-state index in [2.05, 4.69) is 12.1 Å². The third-order valence-electron chi connectivity index (χ3n) is 2.78. The summed E-state index contributed by atoms with van der Waals surface area (Å²) in [6.07, 6.45) is 2.89. The van der Waals surface area contributed by atoms with Crippen molar-refractivity contribution in [2.75, 3.05) is 6.61 Å². The van der Waals surface area contributed by atoms with Gasteiger partial charge in [0, 0.05) is 6.61 Å². The predicted octanol–water partition coefficient (Wildman–Crippen LogP) is 3.79. The summed E-state index contributed by atoms with van der Waals surface area (Å²) >= 11 is 0. The molecule has 0 aliphatic rings. The summed E-state index contributed by atoms with van der Waals surface area (Å²) in [5.41, 5.74) is 1.28. The fourth-order valence-electron chi connectivity index (χ4n) is 1.79. The van der Waals surface area contributed by atoms with Crippen molar-refractivity contribution in [3.8, 4) is 11.5 Å². The molecule has 0 radical (unpaired) electrons. The summed E-state index contributed by atoms with van der Waals surface area (Å²) in [5.74, 6) is 1.71. The van der Waals surface area contributed by atoms with Crippen LogP contribution in [0.3, 0.4) is 0 Å². The number of hydrogen-bond donors (Lipinski definition) is 1. The molecule has 0 saturated heterocycles. The van der Waals surface area contributed by atoms with E-state index in [1.807, 2.05) is 42.5 Å². The second-order valence-electron chi connectivity index (χ2n) is 4.24. The van der Waals surface area contributed by atoms with Gasteiger partial charge in [-0.2, -0.15) is 0 Å². The van der Waals surface area contributed by atoms with Crippen molar-refractivity contribution in [1.29, 1.82) is 0 Å². The summed E-state index contributed by atoms with van der Waals surface area (Å²) in [4.78, 5) is 0. The molecular formula is C16H18O2. The van der Waals surface area contributed by atoms with E-state index in [0.717, 1.165) is 30.8 Å². The first-order chi connectivity index (χ1) is 8.88. The van der Waals surface area contributed by atoms with Crippen molar-refractivity contribution in [3.63, 3.8) is 0 Å². The Morgan fingerprint density at radius 2 is 1.44 bits per heavy atom. The standard InChI is InChI=1S/C16H18O2/c17-13-5-4-6-14-9-11-16(12-10-14)18-15-7-2-1-3-8-15/h1-3,7-12,17H,4-6,13H2. The van der Waals surface area contributed by atoms with E-state index < -0.39 is 0 Å². The second-order valence-corrected chi connectivity index (χ2v) is 4.24. The van der Waals surface area contributed by atoms with E-state index in [1.165, 1.54) is 5.56 Å². The van der Waals surface area contributed by atoms with Gasteiger partial charge in [0.15, 0.2) is 0 Å². The molecule has 94 valence electrons. The molecule has 0 heterocycles. The average molecular weight is 242 g/mol. The lowest BCUT2D eigenvalue weighted by atomic mass is 10.1. The first kappa shape index (κ1) is 12.7. The van der Waals surface area contributed by atoms with Crippen molar-refractivity contribution in [1.82, 2.24) is 0 Å². The molecule has 0 amide bonds. The highest BCUT2D eigenvalue weighted by Crippen LogP contribution is 2.21. The molecule has 0 saturated carbocycles. The van der Waals surface area contributed by atoms with Gasteiger partial charge in [0.2, 0.25) is 0 Å². The number of unbranched alkanes of at least 4 members (excludes halogenated alkanes) is 1. The number of benzene rings is 2. The first-order valence-electron chi connectivity index (χ1n) is 6.31. The van der Waals surface area contributed by atoms with Crippen LogP contribution in [0.25, 0.3) is 0 Å². The maximum absolute atomic E-state index is 8.73. The molecule has 2 rings (SSSR count). The lowest BCUT2D eigenvalue weighted by molar-refractivity contribution is 0.284. The number of para-hydroxylation sites is 1. The molecule has 18 heavy (non-hydrogen) atoms. The van der Waals surface area contributed by atoms with Crippen molar-refractivity contribution >= 4 is 0 Å². The van der Waals surface area contributed by atoms with Crippen LogP contribution < -0.4 is 4.74 Å². The summed E-state index contributed by atoms with van der Waals surface area (Å²) in [6.45, 7) is 0.273. The van der Waals surface area contributed by atoms with E-state index >= 15 is 0 Å². The van der Waals surface area contributed by atoms with Crippen molar-refractivity contribution < 1.29 is 9.84 Å². The van der Waals surface area contributed by atoms with Gasteiger partial charge in [-0.3, -0.25) is 0 Å². The molecule has 2 aromatic rings. The Balaban J connectivity index is 1.91. The molecule has 0 atom stereocenters. The molecule has 1 N–H and O–H groups in total. The van der Waals surface area contributed by atoms with Gasteiger partial charge in [-0.25, -0.2) is 0 Å². The van der Waals surface area contributed by atoms with Crippen LogP contribution in [-0.2, 0) is 6.42 Å². The maximum Gasteiger partial charge on any atom is 0.127 e. The zero-order chi connectivity index (χ0) is 12.6. The maximum atomic E-state index is 8.73. The highest BCUT2D eigenvalue weighted by atomic mass is 16.5. The summed E-state index contributed by atoms with van der Waals surface area (Å²) in [6, 6.07) is 17.9. The van der Waals surface area contributed by atoms with E-state index in [4.69, 9.17) is 9.84 Å². The van der Waals surface area contributed by atoms with E-state index in [0.29, 0.717) is 0 Å². The van der Waals surface area contributed by atoms with Gasteiger partial charge in [-0.15, -0.1) is 0 Å². The number of ether oxygens (including phenoxy) is 1. The van der Waals surface area contributed by atoms with Crippen LogP contribution in [0.2, 0.25) is 0 Å². The van der Waals surface area contributed by atoms with Gasteiger partial charge < -0.3 is 9.84 Å². The summed E-state index contributed by atoms with van der Waals surface area (Å²) < 4.78 is 5.72. The Hall–Kier alpha value is -1.80. The largest absolute Gasteiger partial charge is 0.457 e. The van der Waals surface area contributed by atoms with Crippen LogP contribution in [0.5, 0.6) is 11.5 Å². The van der Waals surface area contributed by atoms with Gasteiger partial charge in [0.05, 0.1) is 0 Å². The van der Waals surface area contributed by atoms with Crippen LogP contribution in [-0.4, -0.2) is 11.7 Å². The van der Waals surface area contributed by atoms with E-state index in [1.54, 1.807) is 0 Å². The number of aliphatic hydroxyl groups is 1. The van der Waals surface area contributed by atoms with Crippen LogP contribution >= 0.6 is 0 Å².